The molecule has 3 nitrogen and oxygen atoms in total. The van der Waals surface area contributed by atoms with Crippen LogP contribution >= 0.6 is 15.9 Å². The molecule has 0 atom stereocenters. The van der Waals surface area contributed by atoms with Crippen LogP contribution in [-0.4, -0.2) is 6.03 Å². The SMILES string of the molecule is Cc1cc(NC(N)=O)ccc1Br. The second kappa shape index (κ2) is 3.58. The van der Waals surface area contributed by atoms with Crippen molar-refractivity contribution >= 4 is 27.6 Å². The van der Waals surface area contributed by atoms with Crippen LogP contribution in [0.15, 0.2) is 22.7 Å². The summed E-state index contributed by atoms with van der Waals surface area (Å²) in [6.07, 6.45) is 0. The maximum atomic E-state index is 10.5. The highest BCUT2D eigenvalue weighted by atomic mass is 79.9. The number of benzene rings is 1. The number of primary amides is 1. The average Bonchev–Trinajstić information content (AvgIpc) is 1.96. The molecule has 0 aromatic heterocycles. The van der Waals surface area contributed by atoms with Gasteiger partial charge < -0.3 is 11.1 Å². The predicted molar refractivity (Wildman–Crippen MR) is 52.1 cm³/mol. The normalized spacial score (nSPS) is 9.50. The number of carbonyl (C=O) groups is 1. The highest BCUT2D eigenvalue weighted by Gasteiger charge is 1.98. The molecular weight excluding hydrogens is 220 g/mol. The summed E-state index contributed by atoms with van der Waals surface area (Å²) in [7, 11) is 0. The summed E-state index contributed by atoms with van der Waals surface area (Å²) in [5.74, 6) is 0. The highest BCUT2D eigenvalue weighted by molar-refractivity contribution is 9.10. The van der Waals surface area contributed by atoms with E-state index in [-0.39, 0.29) is 0 Å². The van der Waals surface area contributed by atoms with Crippen molar-refractivity contribution in [3.05, 3.63) is 28.2 Å². The van der Waals surface area contributed by atoms with E-state index in [0.29, 0.717) is 5.69 Å². The molecule has 0 spiro atoms. The van der Waals surface area contributed by atoms with E-state index in [1.54, 1.807) is 6.07 Å². The number of rotatable bonds is 1. The van der Waals surface area contributed by atoms with Crippen LogP contribution in [0.3, 0.4) is 0 Å². The smallest absolute Gasteiger partial charge is 0.316 e. The number of carbonyl (C=O) groups excluding carboxylic acids is 1. The maximum Gasteiger partial charge on any atom is 0.316 e. The van der Waals surface area contributed by atoms with E-state index in [2.05, 4.69) is 21.2 Å². The summed E-state index contributed by atoms with van der Waals surface area (Å²) < 4.78 is 1.01. The highest BCUT2D eigenvalue weighted by Crippen LogP contribution is 2.19. The number of amides is 2. The van der Waals surface area contributed by atoms with Gasteiger partial charge >= 0.3 is 6.03 Å². The van der Waals surface area contributed by atoms with Crippen LogP contribution in [0.5, 0.6) is 0 Å². The summed E-state index contributed by atoms with van der Waals surface area (Å²) in [6, 6.07) is 4.94. The Labute approximate surface area is 79.1 Å². The van der Waals surface area contributed by atoms with Crippen molar-refractivity contribution in [3.8, 4) is 0 Å². The summed E-state index contributed by atoms with van der Waals surface area (Å²) in [5.41, 5.74) is 6.72. The lowest BCUT2D eigenvalue weighted by molar-refractivity contribution is 0.259. The van der Waals surface area contributed by atoms with Gasteiger partial charge in [0.15, 0.2) is 0 Å². The van der Waals surface area contributed by atoms with Crippen LogP contribution in [0.2, 0.25) is 0 Å². The van der Waals surface area contributed by atoms with E-state index < -0.39 is 6.03 Å². The van der Waals surface area contributed by atoms with Crippen molar-refractivity contribution in [2.45, 2.75) is 6.92 Å². The first-order valence-corrected chi connectivity index (χ1v) is 4.21. The second-order valence-corrected chi connectivity index (χ2v) is 3.31. The van der Waals surface area contributed by atoms with Crippen molar-refractivity contribution in [2.24, 2.45) is 5.73 Å². The van der Waals surface area contributed by atoms with Crippen LogP contribution in [0.4, 0.5) is 10.5 Å². The first-order valence-electron chi connectivity index (χ1n) is 3.42. The third-order valence-corrected chi connectivity index (χ3v) is 2.32. The Morgan fingerprint density at radius 1 is 1.58 bits per heavy atom. The monoisotopic (exact) mass is 228 g/mol. The summed E-state index contributed by atoms with van der Waals surface area (Å²) in [4.78, 5) is 10.5. The van der Waals surface area contributed by atoms with Gasteiger partial charge in [0.1, 0.15) is 0 Å². The molecule has 0 aliphatic rings. The number of halogens is 1. The fourth-order valence-corrected chi connectivity index (χ4v) is 1.11. The molecule has 0 heterocycles. The third kappa shape index (κ3) is 2.23. The molecule has 0 saturated heterocycles. The van der Waals surface area contributed by atoms with Gasteiger partial charge in [-0.15, -0.1) is 0 Å². The van der Waals surface area contributed by atoms with Crippen LogP contribution < -0.4 is 11.1 Å². The first kappa shape index (κ1) is 9.06. The summed E-state index contributed by atoms with van der Waals surface area (Å²) in [6.45, 7) is 1.94. The van der Waals surface area contributed by atoms with Crippen LogP contribution in [0.25, 0.3) is 0 Å². The molecule has 1 rings (SSSR count). The Morgan fingerprint density at radius 2 is 2.25 bits per heavy atom. The summed E-state index contributed by atoms with van der Waals surface area (Å²) >= 11 is 3.35. The molecule has 2 amide bonds. The van der Waals surface area contributed by atoms with Gasteiger partial charge in [-0.25, -0.2) is 4.79 Å². The van der Waals surface area contributed by atoms with Crippen molar-refractivity contribution in [1.82, 2.24) is 0 Å². The Hall–Kier alpha value is -1.03. The zero-order valence-electron chi connectivity index (χ0n) is 6.60. The molecule has 4 heteroatoms. The lowest BCUT2D eigenvalue weighted by Gasteiger charge is -2.03. The van der Waals surface area contributed by atoms with Gasteiger partial charge in [0, 0.05) is 10.2 Å². The zero-order valence-corrected chi connectivity index (χ0v) is 8.18. The molecule has 1 aromatic rings. The number of aryl methyl sites for hydroxylation is 1. The fourth-order valence-electron chi connectivity index (χ4n) is 0.865. The van der Waals surface area contributed by atoms with Crippen molar-refractivity contribution < 1.29 is 4.79 Å². The van der Waals surface area contributed by atoms with Crippen molar-refractivity contribution in [2.75, 3.05) is 5.32 Å². The minimum Gasteiger partial charge on any atom is -0.351 e. The Morgan fingerprint density at radius 3 is 2.75 bits per heavy atom. The maximum absolute atomic E-state index is 10.5. The van der Waals surface area contributed by atoms with Gasteiger partial charge in [-0.1, -0.05) is 15.9 Å². The Balaban J connectivity index is 2.89. The molecule has 0 radical (unpaired) electrons. The van der Waals surface area contributed by atoms with Gasteiger partial charge in [-0.2, -0.15) is 0 Å². The van der Waals surface area contributed by atoms with Gasteiger partial charge in [0.05, 0.1) is 0 Å². The van der Waals surface area contributed by atoms with Gasteiger partial charge in [0.2, 0.25) is 0 Å². The molecule has 3 N–H and O–H groups in total. The number of anilines is 1. The largest absolute Gasteiger partial charge is 0.351 e. The standard InChI is InChI=1S/C8H9BrN2O/c1-5-4-6(11-8(10)12)2-3-7(5)9/h2-4H,1H3,(H3,10,11,12). The number of nitrogens with one attached hydrogen (secondary N) is 1. The molecule has 0 unspecified atom stereocenters. The van der Waals surface area contributed by atoms with E-state index in [9.17, 15) is 4.79 Å². The van der Waals surface area contributed by atoms with Gasteiger partial charge in [0.25, 0.3) is 0 Å². The molecule has 64 valence electrons. The molecule has 0 fully saturated rings. The van der Waals surface area contributed by atoms with Crippen molar-refractivity contribution in [1.29, 1.82) is 0 Å². The third-order valence-electron chi connectivity index (χ3n) is 1.43. The molecular formula is C8H9BrN2O. The van der Waals surface area contributed by atoms with Gasteiger partial charge in [-0.05, 0) is 30.7 Å². The first-order chi connectivity index (χ1) is 5.59. The van der Waals surface area contributed by atoms with E-state index in [4.69, 9.17) is 5.73 Å². The van der Waals surface area contributed by atoms with Gasteiger partial charge in [-0.3, -0.25) is 0 Å². The lowest BCUT2D eigenvalue weighted by atomic mass is 10.2. The predicted octanol–water partition coefficient (Wildman–Crippen LogP) is 2.25. The second-order valence-electron chi connectivity index (χ2n) is 2.45. The lowest BCUT2D eigenvalue weighted by Crippen LogP contribution is -2.19. The van der Waals surface area contributed by atoms with E-state index in [1.165, 1.54) is 0 Å². The molecule has 0 saturated carbocycles. The van der Waals surface area contributed by atoms with Crippen molar-refractivity contribution in [3.63, 3.8) is 0 Å². The average molecular weight is 229 g/mol. The number of hydrogen-bond donors (Lipinski definition) is 2. The molecule has 1 aromatic carbocycles. The molecule has 12 heavy (non-hydrogen) atoms. The molecule has 0 bridgehead atoms. The van der Waals surface area contributed by atoms with Crippen LogP contribution in [0.1, 0.15) is 5.56 Å². The summed E-state index contributed by atoms with van der Waals surface area (Å²) in [5, 5.41) is 2.49. The minimum absolute atomic E-state index is 0.545. The quantitative estimate of drug-likeness (QED) is 0.762. The zero-order chi connectivity index (χ0) is 9.14. The van der Waals surface area contributed by atoms with E-state index in [1.807, 2.05) is 19.1 Å². The Kier molecular flexibility index (Phi) is 2.70. The number of urea groups is 1. The number of hydrogen-bond acceptors (Lipinski definition) is 1. The molecule has 0 aliphatic heterocycles. The topological polar surface area (TPSA) is 55.1 Å². The van der Waals surface area contributed by atoms with E-state index >= 15 is 0 Å². The Bertz CT molecular complexity index is 312. The van der Waals surface area contributed by atoms with Crippen LogP contribution in [-0.2, 0) is 0 Å². The fraction of sp³-hybridized carbons (Fsp3) is 0.125. The minimum atomic E-state index is -0.545. The number of nitrogens with two attached hydrogens (primary N) is 1. The van der Waals surface area contributed by atoms with Crippen LogP contribution in [0, 0.1) is 6.92 Å². The van der Waals surface area contributed by atoms with E-state index in [0.717, 1.165) is 10.0 Å². The molecule has 0 aliphatic carbocycles.